The highest BCUT2D eigenvalue weighted by Gasteiger charge is 2.05. The monoisotopic (exact) mass is 289 g/mol. The van der Waals surface area contributed by atoms with Gasteiger partial charge in [-0.3, -0.25) is 4.79 Å². The van der Waals surface area contributed by atoms with Crippen molar-refractivity contribution >= 4 is 33.0 Å². The summed E-state index contributed by atoms with van der Waals surface area (Å²) in [6.45, 7) is 0.728. The van der Waals surface area contributed by atoms with Gasteiger partial charge in [0.15, 0.2) is 0 Å². The van der Waals surface area contributed by atoms with Gasteiger partial charge in [-0.2, -0.15) is 0 Å². The van der Waals surface area contributed by atoms with E-state index in [1.807, 2.05) is 12.1 Å². The lowest BCUT2D eigenvalue weighted by molar-refractivity contribution is -0.118. The molecule has 0 bridgehead atoms. The van der Waals surface area contributed by atoms with Crippen molar-refractivity contribution in [3.05, 3.63) is 20.8 Å². The molecule has 0 saturated heterocycles. The number of rotatable bonds is 7. The molecule has 0 amide bonds. The molecule has 0 atom stereocenters. The van der Waals surface area contributed by atoms with Gasteiger partial charge in [-0.05, 0) is 47.4 Å². The fourth-order valence-electron chi connectivity index (χ4n) is 1.37. The average Bonchev–Trinajstić information content (AvgIpc) is 2.59. The van der Waals surface area contributed by atoms with E-state index in [1.165, 1.54) is 0 Å². The van der Waals surface area contributed by atoms with Crippen LogP contribution in [0.1, 0.15) is 30.6 Å². The predicted octanol–water partition coefficient (Wildman–Crippen LogP) is 3.14. The third-order valence-corrected chi connectivity index (χ3v) is 3.78. The molecule has 0 unspecified atom stereocenters. The van der Waals surface area contributed by atoms with Crippen LogP contribution in [0.5, 0.6) is 0 Å². The highest BCUT2D eigenvalue weighted by molar-refractivity contribution is 9.11. The summed E-state index contributed by atoms with van der Waals surface area (Å²) < 4.78 is 1.09. The second-order valence-corrected chi connectivity index (χ2v) is 6.07. The van der Waals surface area contributed by atoms with E-state index in [2.05, 4.69) is 15.9 Å². The van der Waals surface area contributed by atoms with Crippen molar-refractivity contribution in [1.82, 2.24) is 0 Å². The fraction of sp³-hybridized carbons (Fsp3) is 0.545. The number of carbonyl (C=O) groups is 1. The van der Waals surface area contributed by atoms with Gasteiger partial charge < -0.3 is 5.73 Å². The molecule has 0 aliphatic heterocycles. The molecule has 0 aliphatic carbocycles. The van der Waals surface area contributed by atoms with Gasteiger partial charge in [-0.25, -0.2) is 0 Å². The van der Waals surface area contributed by atoms with E-state index in [0.717, 1.165) is 34.5 Å². The van der Waals surface area contributed by atoms with Gasteiger partial charge in [-0.1, -0.05) is 6.42 Å². The van der Waals surface area contributed by atoms with Crippen LogP contribution in [-0.2, 0) is 11.2 Å². The van der Waals surface area contributed by atoms with Gasteiger partial charge in [0, 0.05) is 17.7 Å². The summed E-state index contributed by atoms with van der Waals surface area (Å²) in [5.41, 5.74) is 5.38. The van der Waals surface area contributed by atoms with Crippen LogP contribution in [0.3, 0.4) is 0 Å². The van der Waals surface area contributed by atoms with Gasteiger partial charge in [-0.15, -0.1) is 11.3 Å². The maximum absolute atomic E-state index is 11.5. The number of Topliss-reactive ketones (excluding diaryl/α,β-unsaturated/α-hetero) is 1. The molecule has 0 spiro atoms. The number of unbranched alkanes of at least 4 members (excludes halogenated alkanes) is 2. The Balaban J connectivity index is 2.18. The van der Waals surface area contributed by atoms with E-state index >= 15 is 0 Å². The van der Waals surface area contributed by atoms with E-state index in [0.29, 0.717) is 18.6 Å². The third-order valence-electron chi connectivity index (χ3n) is 2.16. The molecule has 84 valence electrons. The van der Waals surface area contributed by atoms with Crippen LogP contribution >= 0.6 is 27.3 Å². The van der Waals surface area contributed by atoms with Gasteiger partial charge in [0.25, 0.3) is 0 Å². The Labute approximate surface area is 103 Å². The second-order valence-electron chi connectivity index (χ2n) is 3.52. The maximum Gasteiger partial charge on any atom is 0.138 e. The summed E-state index contributed by atoms with van der Waals surface area (Å²) >= 11 is 5.02. The molecule has 1 heterocycles. The molecule has 2 N–H and O–H groups in total. The highest BCUT2D eigenvalue weighted by Crippen LogP contribution is 2.22. The minimum absolute atomic E-state index is 0.335. The molecule has 0 fully saturated rings. The topological polar surface area (TPSA) is 43.1 Å². The smallest absolute Gasteiger partial charge is 0.138 e. The van der Waals surface area contributed by atoms with Gasteiger partial charge >= 0.3 is 0 Å². The number of carbonyl (C=O) groups excluding carboxylic acids is 1. The predicted molar refractivity (Wildman–Crippen MR) is 68.3 cm³/mol. The molecule has 15 heavy (non-hydrogen) atoms. The zero-order valence-electron chi connectivity index (χ0n) is 8.67. The minimum atomic E-state index is 0.335. The van der Waals surface area contributed by atoms with Crippen molar-refractivity contribution < 1.29 is 4.79 Å². The molecule has 1 aromatic heterocycles. The van der Waals surface area contributed by atoms with E-state index in [4.69, 9.17) is 5.73 Å². The zero-order chi connectivity index (χ0) is 11.1. The van der Waals surface area contributed by atoms with Crippen molar-refractivity contribution in [2.45, 2.75) is 32.1 Å². The summed E-state index contributed by atoms with van der Waals surface area (Å²) in [5, 5.41) is 0. The number of hydrogen-bond acceptors (Lipinski definition) is 3. The van der Waals surface area contributed by atoms with Crippen LogP contribution in [-0.4, -0.2) is 12.3 Å². The summed E-state index contributed by atoms with van der Waals surface area (Å²) in [7, 11) is 0. The van der Waals surface area contributed by atoms with Crippen molar-refractivity contribution in [1.29, 1.82) is 0 Å². The first-order valence-corrected chi connectivity index (χ1v) is 6.79. The Kier molecular flexibility index (Phi) is 6.13. The molecule has 0 aliphatic rings. The number of hydrogen-bond donors (Lipinski definition) is 1. The first-order chi connectivity index (χ1) is 7.22. The summed E-state index contributed by atoms with van der Waals surface area (Å²) in [4.78, 5) is 12.7. The van der Waals surface area contributed by atoms with Crippen molar-refractivity contribution in [3.8, 4) is 0 Å². The molecule has 0 radical (unpaired) electrons. The lowest BCUT2D eigenvalue weighted by atomic mass is 10.1. The molecule has 1 aromatic rings. The SMILES string of the molecule is NCCCCCC(=O)Cc1ccc(Br)s1. The standard InChI is InChI=1S/C11H16BrNOS/c12-11-6-5-10(15-11)8-9(14)4-2-1-3-7-13/h5-6H,1-4,7-8,13H2. The van der Waals surface area contributed by atoms with E-state index in [9.17, 15) is 4.79 Å². The Morgan fingerprint density at radius 1 is 1.33 bits per heavy atom. The zero-order valence-corrected chi connectivity index (χ0v) is 11.1. The van der Waals surface area contributed by atoms with Gasteiger partial charge in [0.2, 0.25) is 0 Å². The lowest BCUT2D eigenvalue weighted by Crippen LogP contribution is -2.02. The Hall–Kier alpha value is -0.190. The van der Waals surface area contributed by atoms with Crippen LogP contribution in [0.15, 0.2) is 15.9 Å². The molecule has 0 saturated carbocycles. The van der Waals surface area contributed by atoms with E-state index in [-0.39, 0.29) is 0 Å². The average molecular weight is 290 g/mol. The fourth-order valence-corrected chi connectivity index (χ4v) is 2.88. The van der Waals surface area contributed by atoms with Crippen LogP contribution in [0, 0.1) is 0 Å². The second kappa shape index (κ2) is 7.14. The normalized spacial score (nSPS) is 10.5. The van der Waals surface area contributed by atoms with Crippen molar-refractivity contribution in [3.63, 3.8) is 0 Å². The third kappa shape index (κ3) is 5.44. The molecule has 4 heteroatoms. The Morgan fingerprint density at radius 2 is 2.13 bits per heavy atom. The molecule has 2 nitrogen and oxygen atoms in total. The maximum atomic E-state index is 11.5. The van der Waals surface area contributed by atoms with Crippen molar-refractivity contribution in [2.24, 2.45) is 5.73 Å². The molecular weight excluding hydrogens is 274 g/mol. The summed E-state index contributed by atoms with van der Waals surface area (Å²) in [6, 6.07) is 3.99. The number of ketones is 1. The van der Waals surface area contributed by atoms with Crippen LogP contribution in [0.25, 0.3) is 0 Å². The largest absolute Gasteiger partial charge is 0.330 e. The molecule has 1 rings (SSSR count). The Bertz CT molecular complexity index is 311. The quantitative estimate of drug-likeness (QED) is 0.784. The molecular formula is C11H16BrNOS. The van der Waals surface area contributed by atoms with E-state index < -0.39 is 0 Å². The van der Waals surface area contributed by atoms with Crippen LogP contribution in [0.2, 0.25) is 0 Å². The highest BCUT2D eigenvalue weighted by atomic mass is 79.9. The molecule has 0 aromatic carbocycles. The van der Waals surface area contributed by atoms with Gasteiger partial charge in [0.05, 0.1) is 3.79 Å². The first kappa shape index (κ1) is 12.9. The van der Waals surface area contributed by atoms with Gasteiger partial charge in [0.1, 0.15) is 5.78 Å². The summed E-state index contributed by atoms with van der Waals surface area (Å²) in [6.07, 6.45) is 4.34. The number of nitrogens with two attached hydrogens (primary N) is 1. The van der Waals surface area contributed by atoms with Crippen LogP contribution < -0.4 is 5.73 Å². The van der Waals surface area contributed by atoms with E-state index in [1.54, 1.807) is 11.3 Å². The minimum Gasteiger partial charge on any atom is -0.330 e. The number of halogens is 1. The lowest BCUT2D eigenvalue weighted by Gasteiger charge is -1.98. The van der Waals surface area contributed by atoms with Crippen LogP contribution in [0.4, 0.5) is 0 Å². The summed E-state index contributed by atoms with van der Waals surface area (Å²) in [5.74, 6) is 0.335. The van der Waals surface area contributed by atoms with Crippen molar-refractivity contribution in [2.75, 3.05) is 6.54 Å². The first-order valence-electron chi connectivity index (χ1n) is 5.18. The number of thiophene rings is 1. The Morgan fingerprint density at radius 3 is 2.73 bits per heavy atom.